The molecule has 46 heavy (non-hydrogen) atoms. The molecule has 1 aliphatic rings. The van der Waals surface area contributed by atoms with Gasteiger partial charge in [0, 0.05) is 27.1 Å². The van der Waals surface area contributed by atoms with E-state index in [1.807, 2.05) is 36.4 Å². The molecule has 0 atom stereocenters. The molecule has 0 saturated carbocycles. The maximum absolute atomic E-state index is 6.33. The number of hydrogen-bond acceptors (Lipinski definition) is 3. The second-order valence-corrected chi connectivity index (χ2v) is 12.1. The van der Waals surface area contributed by atoms with Crippen molar-refractivity contribution < 1.29 is 4.42 Å². The normalized spacial score (nSPS) is 12.3. The number of furan rings is 1. The summed E-state index contributed by atoms with van der Waals surface area (Å²) in [4.78, 5) is 10.7. The molecular weight excluding hydrogens is 562 g/mol. The molecule has 0 spiro atoms. The summed E-state index contributed by atoms with van der Waals surface area (Å²) >= 11 is 0. The summed E-state index contributed by atoms with van der Waals surface area (Å²) in [5.41, 5.74) is 12.4. The molecule has 3 heterocycles. The fraction of sp³-hybridized carbons (Fsp3) is 0. The van der Waals surface area contributed by atoms with Gasteiger partial charge in [0.1, 0.15) is 16.9 Å². The van der Waals surface area contributed by atoms with Crippen LogP contribution in [0.5, 0.6) is 0 Å². The van der Waals surface area contributed by atoms with Gasteiger partial charge in [-0.25, -0.2) is 9.97 Å². The average Bonchev–Trinajstić information content (AvgIpc) is 3.62. The minimum absolute atomic E-state index is 0.801. The number of para-hydroxylation sites is 3. The fourth-order valence-corrected chi connectivity index (χ4v) is 7.79. The highest BCUT2D eigenvalue weighted by Gasteiger charge is 2.26. The van der Waals surface area contributed by atoms with Crippen LogP contribution in [0.1, 0.15) is 0 Å². The average molecular weight is 586 g/mol. The molecule has 0 N–H and O–H groups in total. The monoisotopic (exact) mass is 585 g/mol. The van der Waals surface area contributed by atoms with Crippen LogP contribution in [0.3, 0.4) is 0 Å². The minimum Gasteiger partial charge on any atom is -0.456 e. The molecule has 0 saturated heterocycles. The molecule has 0 fully saturated rings. The van der Waals surface area contributed by atoms with E-state index >= 15 is 0 Å². The SMILES string of the molecule is c1cc2c3c(cccc3c1)-c1cccc3c1c1c-2cccc1n3-c1nc2ccccc2nc1-c1ccc2c(c1)oc1ccccc12. The van der Waals surface area contributed by atoms with E-state index in [-0.39, 0.29) is 0 Å². The first-order valence-electron chi connectivity index (χ1n) is 15.6. The van der Waals surface area contributed by atoms with Gasteiger partial charge in [-0.1, -0.05) is 97.1 Å². The first-order valence-corrected chi connectivity index (χ1v) is 15.6. The van der Waals surface area contributed by atoms with Crippen molar-refractivity contribution in [3.63, 3.8) is 0 Å². The van der Waals surface area contributed by atoms with E-state index in [1.54, 1.807) is 0 Å². The summed E-state index contributed by atoms with van der Waals surface area (Å²) in [6.07, 6.45) is 0. The van der Waals surface area contributed by atoms with Crippen LogP contribution in [0.4, 0.5) is 0 Å². The summed E-state index contributed by atoms with van der Waals surface area (Å²) in [5.74, 6) is 0.801. The van der Waals surface area contributed by atoms with E-state index in [1.165, 1.54) is 43.8 Å². The quantitative estimate of drug-likeness (QED) is 0.203. The molecule has 0 radical (unpaired) electrons. The Morgan fingerprint density at radius 2 is 1.04 bits per heavy atom. The molecule has 7 aromatic carbocycles. The number of aromatic nitrogens is 3. The molecule has 0 bridgehead atoms. The predicted octanol–water partition coefficient (Wildman–Crippen LogP) is 11.1. The summed E-state index contributed by atoms with van der Waals surface area (Å²) in [7, 11) is 0. The highest BCUT2D eigenvalue weighted by Crippen LogP contribution is 2.49. The molecule has 4 nitrogen and oxygen atoms in total. The zero-order chi connectivity index (χ0) is 29.9. The van der Waals surface area contributed by atoms with Crippen LogP contribution in [0.25, 0.3) is 105 Å². The molecular formula is C42H23N3O. The molecule has 4 heteroatoms. The van der Waals surface area contributed by atoms with Gasteiger partial charge in [-0.2, -0.15) is 0 Å². The predicted molar refractivity (Wildman–Crippen MR) is 189 cm³/mol. The van der Waals surface area contributed by atoms with Crippen LogP contribution in [0, 0.1) is 0 Å². The number of fused-ring (bicyclic) bond motifs is 6. The van der Waals surface area contributed by atoms with Crippen LogP contribution in [0.15, 0.2) is 144 Å². The Morgan fingerprint density at radius 3 is 1.76 bits per heavy atom. The number of rotatable bonds is 2. The minimum atomic E-state index is 0.801. The lowest BCUT2D eigenvalue weighted by atomic mass is 9.93. The molecule has 212 valence electrons. The Labute approximate surface area is 262 Å². The zero-order valence-corrected chi connectivity index (χ0v) is 24.5. The second kappa shape index (κ2) is 8.68. The van der Waals surface area contributed by atoms with E-state index < -0.39 is 0 Å². The maximum Gasteiger partial charge on any atom is 0.165 e. The van der Waals surface area contributed by atoms with Gasteiger partial charge >= 0.3 is 0 Å². The summed E-state index contributed by atoms with van der Waals surface area (Å²) in [6, 6.07) is 49.4. The smallest absolute Gasteiger partial charge is 0.165 e. The van der Waals surface area contributed by atoms with Crippen molar-refractivity contribution in [2.45, 2.75) is 0 Å². The van der Waals surface area contributed by atoms with Gasteiger partial charge in [-0.05, 0) is 75.5 Å². The van der Waals surface area contributed by atoms with Crippen LogP contribution in [-0.4, -0.2) is 14.5 Å². The summed E-state index contributed by atoms with van der Waals surface area (Å²) in [5, 5.41) is 7.25. The number of hydrogen-bond donors (Lipinski definition) is 0. The Bertz CT molecular complexity index is 2830. The maximum atomic E-state index is 6.33. The lowest BCUT2D eigenvalue weighted by Crippen LogP contribution is -2.04. The Kier molecular flexibility index (Phi) is 4.55. The van der Waals surface area contributed by atoms with Gasteiger partial charge in [0.15, 0.2) is 5.82 Å². The van der Waals surface area contributed by atoms with Gasteiger partial charge in [0.25, 0.3) is 0 Å². The number of benzene rings is 7. The first kappa shape index (κ1) is 24.1. The van der Waals surface area contributed by atoms with Crippen LogP contribution < -0.4 is 0 Å². The summed E-state index contributed by atoms with van der Waals surface area (Å²) in [6.45, 7) is 0. The lowest BCUT2D eigenvalue weighted by Gasteiger charge is -2.15. The zero-order valence-electron chi connectivity index (χ0n) is 24.5. The van der Waals surface area contributed by atoms with Gasteiger partial charge in [-0.15, -0.1) is 0 Å². The highest BCUT2D eigenvalue weighted by atomic mass is 16.3. The van der Waals surface area contributed by atoms with Crippen molar-refractivity contribution in [1.29, 1.82) is 0 Å². The van der Waals surface area contributed by atoms with Gasteiger partial charge in [0.05, 0.1) is 22.1 Å². The molecule has 0 amide bonds. The van der Waals surface area contributed by atoms with Crippen LogP contribution in [0.2, 0.25) is 0 Å². The van der Waals surface area contributed by atoms with E-state index in [0.717, 1.165) is 61.1 Å². The van der Waals surface area contributed by atoms with Gasteiger partial charge in [0.2, 0.25) is 0 Å². The Morgan fingerprint density at radius 1 is 0.457 bits per heavy atom. The third-order valence-corrected chi connectivity index (χ3v) is 9.72. The standard InChI is InChI=1S/C42H23N3O/c1-4-20-36-26(11-1)27-22-21-25(23-37(27)46-36)41-42(44-33-17-3-2-16-32(33)43-41)45-34-18-7-14-30-28-12-5-9-24-10-6-13-29(38(24)28)31-15-8-19-35(45)40(31)39(30)34/h1-23H. The van der Waals surface area contributed by atoms with Gasteiger partial charge < -0.3 is 4.42 Å². The molecule has 1 aliphatic carbocycles. The van der Waals surface area contributed by atoms with E-state index in [0.29, 0.717) is 0 Å². The van der Waals surface area contributed by atoms with Crippen molar-refractivity contribution in [2.24, 2.45) is 0 Å². The lowest BCUT2D eigenvalue weighted by molar-refractivity contribution is 0.669. The molecule has 3 aromatic heterocycles. The molecule has 0 unspecified atom stereocenters. The largest absolute Gasteiger partial charge is 0.456 e. The van der Waals surface area contributed by atoms with Crippen molar-refractivity contribution in [2.75, 3.05) is 0 Å². The Hall–Kier alpha value is -6.26. The van der Waals surface area contributed by atoms with E-state index in [2.05, 4.69) is 108 Å². The van der Waals surface area contributed by atoms with E-state index in [9.17, 15) is 0 Å². The molecule has 11 rings (SSSR count). The third-order valence-electron chi connectivity index (χ3n) is 9.72. The van der Waals surface area contributed by atoms with E-state index in [4.69, 9.17) is 14.4 Å². The Balaban J connectivity index is 1.28. The first-order chi connectivity index (χ1) is 22.8. The van der Waals surface area contributed by atoms with Crippen molar-refractivity contribution in [3.05, 3.63) is 140 Å². The van der Waals surface area contributed by atoms with Crippen molar-refractivity contribution in [3.8, 4) is 39.3 Å². The van der Waals surface area contributed by atoms with Crippen molar-refractivity contribution in [1.82, 2.24) is 14.5 Å². The van der Waals surface area contributed by atoms with Gasteiger partial charge in [-0.3, -0.25) is 4.57 Å². The highest BCUT2D eigenvalue weighted by molar-refractivity contribution is 6.27. The summed E-state index contributed by atoms with van der Waals surface area (Å²) < 4.78 is 8.66. The molecule has 0 aliphatic heterocycles. The third kappa shape index (κ3) is 3.07. The second-order valence-electron chi connectivity index (χ2n) is 12.1. The number of nitrogens with zero attached hydrogens (tertiary/aromatic N) is 3. The molecule has 10 aromatic rings. The van der Waals surface area contributed by atoms with Crippen LogP contribution >= 0.6 is 0 Å². The fourth-order valence-electron chi connectivity index (χ4n) is 7.79. The topological polar surface area (TPSA) is 43.9 Å². The van der Waals surface area contributed by atoms with Crippen LogP contribution in [-0.2, 0) is 0 Å². The van der Waals surface area contributed by atoms with Crippen molar-refractivity contribution >= 4 is 65.6 Å².